The number of hydrogen-bond acceptors (Lipinski definition) is 5. The Bertz CT molecular complexity index is 385. The molecular formula is C11H16N4O2. The number of rotatable bonds is 3. The summed E-state index contributed by atoms with van der Waals surface area (Å²) in [5, 5.41) is 9.10. The molecule has 92 valence electrons. The van der Waals surface area contributed by atoms with Crippen LogP contribution in [0.5, 0.6) is 5.75 Å². The molecule has 0 saturated carbocycles. The van der Waals surface area contributed by atoms with E-state index in [1.165, 1.54) is 12.4 Å². The highest BCUT2D eigenvalue weighted by molar-refractivity contribution is 5.74. The predicted octanol–water partition coefficient (Wildman–Crippen LogP) is 0.274. The first-order valence-electron chi connectivity index (χ1n) is 5.69. The van der Waals surface area contributed by atoms with Crippen LogP contribution >= 0.6 is 0 Å². The highest BCUT2D eigenvalue weighted by Gasteiger charge is 2.21. The van der Waals surface area contributed by atoms with Crippen LogP contribution in [0.15, 0.2) is 12.4 Å². The topological polar surface area (TPSA) is 92.3 Å². The Morgan fingerprint density at radius 2 is 2.00 bits per heavy atom. The van der Waals surface area contributed by atoms with Gasteiger partial charge in [0.1, 0.15) is 0 Å². The third-order valence-corrected chi connectivity index (χ3v) is 3.01. The fourth-order valence-electron chi connectivity index (χ4n) is 2.10. The molecule has 2 heterocycles. The summed E-state index contributed by atoms with van der Waals surface area (Å²) in [5.74, 6) is 0.836. The van der Waals surface area contributed by atoms with Crippen LogP contribution in [0, 0.1) is 5.92 Å². The SMILES string of the molecule is NC(=O)CC1CCN(c2ncc(O)cn2)CC1. The Hall–Kier alpha value is -1.85. The number of nitrogens with two attached hydrogens (primary N) is 1. The van der Waals surface area contributed by atoms with Crippen molar-refractivity contribution in [1.82, 2.24) is 9.97 Å². The first-order chi connectivity index (χ1) is 8.15. The summed E-state index contributed by atoms with van der Waals surface area (Å²) in [6.45, 7) is 1.64. The number of hydrogen-bond donors (Lipinski definition) is 2. The van der Waals surface area contributed by atoms with E-state index in [-0.39, 0.29) is 11.7 Å². The van der Waals surface area contributed by atoms with E-state index in [1.807, 2.05) is 0 Å². The fraction of sp³-hybridized carbons (Fsp3) is 0.545. The standard InChI is InChI=1S/C11H16N4O2/c12-10(17)5-8-1-3-15(4-2-8)11-13-6-9(16)7-14-11/h6-8,16H,1-5H2,(H2,12,17). The molecule has 0 aromatic carbocycles. The quantitative estimate of drug-likeness (QED) is 0.786. The van der Waals surface area contributed by atoms with Gasteiger partial charge in [-0.05, 0) is 18.8 Å². The van der Waals surface area contributed by atoms with Crippen molar-refractivity contribution < 1.29 is 9.90 Å². The lowest BCUT2D eigenvalue weighted by Gasteiger charge is -2.31. The highest BCUT2D eigenvalue weighted by atomic mass is 16.3. The van der Waals surface area contributed by atoms with Crippen LogP contribution in [0.3, 0.4) is 0 Å². The summed E-state index contributed by atoms with van der Waals surface area (Å²) in [7, 11) is 0. The van der Waals surface area contributed by atoms with Crippen LogP contribution in [0.4, 0.5) is 5.95 Å². The zero-order chi connectivity index (χ0) is 12.3. The summed E-state index contributed by atoms with van der Waals surface area (Å²) in [6, 6.07) is 0. The van der Waals surface area contributed by atoms with Gasteiger partial charge in [-0.15, -0.1) is 0 Å². The average molecular weight is 236 g/mol. The third kappa shape index (κ3) is 3.05. The van der Waals surface area contributed by atoms with Gasteiger partial charge in [-0.1, -0.05) is 0 Å². The van der Waals surface area contributed by atoms with Crippen LogP contribution < -0.4 is 10.6 Å². The fourth-order valence-corrected chi connectivity index (χ4v) is 2.10. The van der Waals surface area contributed by atoms with Gasteiger partial charge in [0, 0.05) is 19.5 Å². The third-order valence-electron chi connectivity index (χ3n) is 3.01. The number of amides is 1. The Kier molecular flexibility index (Phi) is 3.41. The molecule has 0 radical (unpaired) electrons. The molecule has 1 aliphatic heterocycles. The minimum absolute atomic E-state index is 0.0670. The van der Waals surface area contributed by atoms with Gasteiger partial charge >= 0.3 is 0 Å². The van der Waals surface area contributed by atoms with Gasteiger partial charge in [-0.3, -0.25) is 4.79 Å². The van der Waals surface area contributed by atoms with E-state index in [0.29, 0.717) is 18.3 Å². The molecule has 1 aromatic rings. The summed E-state index contributed by atoms with van der Waals surface area (Å²) in [4.78, 5) is 21.0. The van der Waals surface area contributed by atoms with Gasteiger partial charge in [0.25, 0.3) is 0 Å². The van der Waals surface area contributed by atoms with Crippen molar-refractivity contribution in [1.29, 1.82) is 0 Å². The smallest absolute Gasteiger partial charge is 0.225 e. The molecule has 6 heteroatoms. The van der Waals surface area contributed by atoms with Gasteiger partial charge in [0.2, 0.25) is 11.9 Å². The maximum atomic E-state index is 10.8. The molecule has 1 aromatic heterocycles. The Balaban J connectivity index is 1.90. The van der Waals surface area contributed by atoms with E-state index in [2.05, 4.69) is 14.9 Å². The van der Waals surface area contributed by atoms with Crippen molar-refractivity contribution in [3.8, 4) is 5.75 Å². The number of carbonyl (C=O) groups is 1. The summed E-state index contributed by atoms with van der Waals surface area (Å²) in [5.41, 5.74) is 5.18. The number of carbonyl (C=O) groups excluding carboxylic acids is 1. The molecule has 0 unspecified atom stereocenters. The van der Waals surface area contributed by atoms with Crippen LogP contribution in [0.2, 0.25) is 0 Å². The lowest BCUT2D eigenvalue weighted by atomic mass is 9.93. The van der Waals surface area contributed by atoms with Crippen molar-refractivity contribution in [2.45, 2.75) is 19.3 Å². The molecule has 0 spiro atoms. The zero-order valence-electron chi connectivity index (χ0n) is 9.54. The van der Waals surface area contributed by atoms with Crippen molar-refractivity contribution in [3.63, 3.8) is 0 Å². The Morgan fingerprint density at radius 3 is 2.53 bits per heavy atom. The highest BCUT2D eigenvalue weighted by Crippen LogP contribution is 2.23. The first kappa shape index (κ1) is 11.6. The maximum Gasteiger partial charge on any atom is 0.225 e. The Labute approximate surface area is 99.5 Å². The normalized spacial score (nSPS) is 17.1. The largest absolute Gasteiger partial charge is 0.505 e. The summed E-state index contributed by atoms with van der Waals surface area (Å²) >= 11 is 0. The van der Waals surface area contributed by atoms with Crippen molar-refractivity contribution in [2.24, 2.45) is 11.7 Å². The van der Waals surface area contributed by atoms with E-state index in [9.17, 15) is 4.79 Å². The second-order valence-corrected chi connectivity index (χ2v) is 4.34. The molecule has 1 amide bonds. The van der Waals surface area contributed by atoms with E-state index in [1.54, 1.807) is 0 Å². The van der Waals surface area contributed by atoms with Crippen LogP contribution in [-0.4, -0.2) is 34.1 Å². The number of nitrogens with zero attached hydrogens (tertiary/aromatic N) is 3. The van der Waals surface area contributed by atoms with Crippen LogP contribution in [0.1, 0.15) is 19.3 Å². The maximum absolute atomic E-state index is 10.8. The number of anilines is 1. The van der Waals surface area contributed by atoms with Gasteiger partial charge < -0.3 is 15.7 Å². The van der Waals surface area contributed by atoms with Crippen molar-refractivity contribution in [3.05, 3.63) is 12.4 Å². The lowest BCUT2D eigenvalue weighted by Crippen LogP contribution is -2.36. The number of aromatic nitrogens is 2. The number of piperidine rings is 1. The molecule has 1 aliphatic rings. The molecule has 1 saturated heterocycles. The zero-order valence-corrected chi connectivity index (χ0v) is 9.54. The summed E-state index contributed by atoms with van der Waals surface area (Å²) in [6.07, 6.45) is 5.08. The second-order valence-electron chi connectivity index (χ2n) is 4.34. The van der Waals surface area contributed by atoms with E-state index < -0.39 is 0 Å². The molecule has 17 heavy (non-hydrogen) atoms. The van der Waals surface area contributed by atoms with Gasteiger partial charge in [0.15, 0.2) is 5.75 Å². The molecule has 0 bridgehead atoms. The van der Waals surface area contributed by atoms with Crippen LogP contribution in [-0.2, 0) is 4.79 Å². The van der Waals surface area contributed by atoms with Gasteiger partial charge in [-0.25, -0.2) is 9.97 Å². The molecule has 2 rings (SSSR count). The Morgan fingerprint density at radius 1 is 1.41 bits per heavy atom. The number of primary amides is 1. The van der Waals surface area contributed by atoms with Crippen molar-refractivity contribution >= 4 is 11.9 Å². The molecular weight excluding hydrogens is 220 g/mol. The van der Waals surface area contributed by atoms with Gasteiger partial charge in [-0.2, -0.15) is 0 Å². The van der Waals surface area contributed by atoms with Crippen molar-refractivity contribution in [2.75, 3.05) is 18.0 Å². The van der Waals surface area contributed by atoms with E-state index in [4.69, 9.17) is 10.8 Å². The van der Waals surface area contributed by atoms with E-state index >= 15 is 0 Å². The lowest BCUT2D eigenvalue weighted by molar-refractivity contribution is -0.119. The molecule has 3 N–H and O–H groups in total. The van der Waals surface area contributed by atoms with E-state index in [0.717, 1.165) is 25.9 Å². The molecule has 0 aliphatic carbocycles. The number of aromatic hydroxyl groups is 1. The first-order valence-corrected chi connectivity index (χ1v) is 5.69. The predicted molar refractivity (Wildman–Crippen MR) is 62.4 cm³/mol. The average Bonchev–Trinajstić information content (AvgIpc) is 2.30. The minimum atomic E-state index is -0.232. The molecule has 0 atom stereocenters. The van der Waals surface area contributed by atoms with Gasteiger partial charge in [0.05, 0.1) is 12.4 Å². The monoisotopic (exact) mass is 236 g/mol. The minimum Gasteiger partial charge on any atom is -0.505 e. The molecule has 6 nitrogen and oxygen atoms in total. The van der Waals surface area contributed by atoms with Crippen LogP contribution in [0.25, 0.3) is 0 Å². The second kappa shape index (κ2) is 4.99. The molecule has 1 fully saturated rings. The summed E-state index contributed by atoms with van der Waals surface area (Å²) < 4.78 is 0.